The molecule has 0 aromatic carbocycles. The van der Waals surface area contributed by atoms with Crippen molar-refractivity contribution in [3.63, 3.8) is 0 Å². The van der Waals surface area contributed by atoms with E-state index in [0.717, 1.165) is 37.5 Å². The molecule has 1 aliphatic rings. The van der Waals surface area contributed by atoms with Crippen LogP contribution >= 0.6 is 24.0 Å². The van der Waals surface area contributed by atoms with Crippen molar-refractivity contribution >= 4 is 29.9 Å². The summed E-state index contributed by atoms with van der Waals surface area (Å²) in [5, 5.41) is 6.62. The summed E-state index contributed by atoms with van der Waals surface area (Å²) in [4.78, 5) is 8.53. The van der Waals surface area contributed by atoms with Crippen molar-refractivity contribution in [1.82, 2.24) is 15.6 Å². The molecule has 0 amide bonds. The summed E-state index contributed by atoms with van der Waals surface area (Å²) in [5.41, 5.74) is 0.861. The van der Waals surface area contributed by atoms with Crippen LogP contribution in [0.2, 0.25) is 0 Å². The van der Waals surface area contributed by atoms with Crippen LogP contribution in [0, 0.1) is 0 Å². The van der Waals surface area contributed by atoms with Crippen LogP contribution in [0.5, 0.6) is 5.88 Å². The third kappa shape index (κ3) is 7.33. The number of aromatic nitrogens is 1. The number of rotatable bonds is 8. The van der Waals surface area contributed by atoms with Gasteiger partial charge in [-0.2, -0.15) is 0 Å². The van der Waals surface area contributed by atoms with Crippen LogP contribution in [-0.2, 0) is 16.0 Å². The second-order valence-electron chi connectivity index (χ2n) is 5.99. The highest BCUT2D eigenvalue weighted by Crippen LogP contribution is 2.23. The Morgan fingerprint density at radius 2 is 2.24 bits per heavy atom. The maximum absolute atomic E-state index is 5.79. The Labute approximate surface area is 167 Å². The van der Waals surface area contributed by atoms with Crippen LogP contribution in [0.1, 0.15) is 25.3 Å². The second-order valence-corrected chi connectivity index (χ2v) is 5.99. The van der Waals surface area contributed by atoms with E-state index in [-0.39, 0.29) is 29.6 Å². The third-order valence-corrected chi connectivity index (χ3v) is 3.98. The molecular weight excluding hydrogens is 435 g/mol. The molecule has 0 bridgehead atoms. The molecule has 1 aromatic heterocycles. The Morgan fingerprint density at radius 3 is 2.92 bits per heavy atom. The average molecular weight is 464 g/mol. The van der Waals surface area contributed by atoms with Crippen molar-refractivity contribution in [3.8, 4) is 5.88 Å². The molecule has 142 valence electrons. The molecule has 1 saturated heterocycles. The lowest BCUT2D eigenvalue weighted by Gasteiger charge is -2.24. The highest BCUT2D eigenvalue weighted by atomic mass is 127. The van der Waals surface area contributed by atoms with Gasteiger partial charge in [-0.25, -0.2) is 4.98 Å². The standard InChI is InChI=1S/C17H28N4O3.HI/c1-17(7-5-9-24-17)13-21-16(18-2)20-12-14-6-4-8-19-15(14)23-11-10-22-3;/h4,6,8H,5,7,9-13H2,1-3H3,(H2,18,20,21);1H. The summed E-state index contributed by atoms with van der Waals surface area (Å²) in [6.07, 6.45) is 3.90. The van der Waals surface area contributed by atoms with Gasteiger partial charge in [-0.3, -0.25) is 4.99 Å². The van der Waals surface area contributed by atoms with E-state index in [9.17, 15) is 0 Å². The average Bonchev–Trinajstić information content (AvgIpc) is 3.03. The molecular formula is C17H29IN4O3. The molecule has 8 heteroatoms. The van der Waals surface area contributed by atoms with Gasteiger partial charge < -0.3 is 24.8 Å². The Balaban J connectivity index is 0.00000312. The maximum Gasteiger partial charge on any atom is 0.218 e. The number of halogens is 1. The Kier molecular flexibility index (Phi) is 10.1. The fourth-order valence-corrected chi connectivity index (χ4v) is 2.56. The monoisotopic (exact) mass is 464 g/mol. The second kappa shape index (κ2) is 11.5. The van der Waals surface area contributed by atoms with E-state index in [1.807, 2.05) is 12.1 Å². The predicted molar refractivity (Wildman–Crippen MR) is 109 cm³/mol. The fourth-order valence-electron chi connectivity index (χ4n) is 2.56. The van der Waals surface area contributed by atoms with E-state index in [1.165, 1.54) is 0 Å². The molecule has 0 aliphatic carbocycles. The minimum Gasteiger partial charge on any atom is -0.475 e. The van der Waals surface area contributed by atoms with Gasteiger partial charge in [0.15, 0.2) is 5.96 Å². The van der Waals surface area contributed by atoms with E-state index in [1.54, 1.807) is 20.4 Å². The van der Waals surface area contributed by atoms with Gasteiger partial charge in [0.1, 0.15) is 6.61 Å². The van der Waals surface area contributed by atoms with Crippen molar-refractivity contribution in [2.45, 2.75) is 31.9 Å². The largest absolute Gasteiger partial charge is 0.475 e. The molecule has 1 atom stereocenters. The van der Waals surface area contributed by atoms with E-state index in [2.05, 4.69) is 27.5 Å². The molecule has 0 spiro atoms. The highest BCUT2D eigenvalue weighted by Gasteiger charge is 2.29. The smallest absolute Gasteiger partial charge is 0.218 e. The first-order valence-corrected chi connectivity index (χ1v) is 8.31. The number of guanidine groups is 1. The minimum atomic E-state index is -0.111. The molecule has 1 aliphatic heterocycles. The third-order valence-electron chi connectivity index (χ3n) is 3.98. The van der Waals surface area contributed by atoms with Crippen molar-refractivity contribution in [2.75, 3.05) is 40.5 Å². The summed E-state index contributed by atoms with van der Waals surface area (Å²) in [7, 11) is 3.40. The molecule has 1 aromatic rings. The SMILES string of the molecule is CN=C(NCc1cccnc1OCCOC)NCC1(C)CCCO1.I. The first kappa shape index (κ1) is 21.9. The van der Waals surface area contributed by atoms with E-state index >= 15 is 0 Å². The number of hydrogen-bond donors (Lipinski definition) is 2. The number of aliphatic imine (C=N–C) groups is 1. The summed E-state index contributed by atoms with van der Waals surface area (Å²) >= 11 is 0. The Bertz CT molecular complexity index is 536. The van der Waals surface area contributed by atoms with Gasteiger partial charge in [-0.05, 0) is 25.8 Å². The van der Waals surface area contributed by atoms with E-state index in [0.29, 0.717) is 25.6 Å². The van der Waals surface area contributed by atoms with Crippen molar-refractivity contribution < 1.29 is 14.2 Å². The maximum atomic E-state index is 5.79. The molecule has 25 heavy (non-hydrogen) atoms. The summed E-state index contributed by atoms with van der Waals surface area (Å²) < 4.78 is 16.4. The summed E-state index contributed by atoms with van der Waals surface area (Å²) in [5.74, 6) is 1.35. The number of methoxy groups -OCH3 is 1. The first-order chi connectivity index (χ1) is 11.7. The first-order valence-electron chi connectivity index (χ1n) is 8.31. The lowest BCUT2D eigenvalue weighted by atomic mass is 10.0. The van der Waals surface area contributed by atoms with Gasteiger partial charge >= 0.3 is 0 Å². The van der Waals surface area contributed by atoms with Crippen molar-refractivity contribution in [1.29, 1.82) is 0 Å². The zero-order valence-corrected chi connectivity index (χ0v) is 17.5. The van der Waals surface area contributed by atoms with Gasteiger partial charge in [-0.1, -0.05) is 6.07 Å². The zero-order valence-electron chi connectivity index (χ0n) is 15.2. The van der Waals surface area contributed by atoms with Crippen LogP contribution in [-0.4, -0.2) is 57.1 Å². The molecule has 7 nitrogen and oxygen atoms in total. The highest BCUT2D eigenvalue weighted by molar-refractivity contribution is 14.0. The topological polar surface area (TPSA) is 77.0 Å². The lowest BCUT2D eigenvalue weighted by molar-refractivity contribution is 0.0243. The quantitative estimate of drug-likeness (QED) is 0.265. The number of pyridine rings is 1. The minimum absolute atomic E-state index is 0. The fraction of sp³-hybridized carbons (Fsp3) is 0.647. The number of ether oxygens (including phenoxy) is 3. The van der Waals surface area contributed by atoms with Crippen LogP contribution in [0.3, 0.4) is 0 Å². The molecule has 0 saturated carbocycles. The van der Waals surface area contributed by atoms with Crippen LogP contribution in [0.15, 0.2) is 23.3 Å². The molecule has 1 unspecified atom stereocenters. The van der Waals surface area contributed by atoms with Crippen molar-refractivity contribution in [2.24, 2.45) is 4.99 Å². The number of hydrogen-bond acceptors (Lipinski definition) is 5. The van der Waals surface area contributed by atoms with Crippen molar-refractivity contribution in [3.05, 3.63) is 23.9 Å². The molecule has 2 N–H and O–H groups in total. The van der Waals surface area contributed by atoms with E-state index < -0.39 is 0 Å². The van der Waals surface area contributed by atoms with Gasteiger partial charge in [0.2, 0.25) is 5.88 Å². The molecule has 2 rings (SSSR count). The van der Waals surface area contributed by atoms with Gasteiger partial charge in [-0.15, -0.1) is 24.0 Å². The number of nitrogens with zero attached hydrogens (tertiary/aromatic N) is 2. The summed E-state index contributed by atoms with van der Waals surface area (Å²) in [6.45, 7) is 5.28. The molecule has 1 fully saturated rings. The normalized spacial score (nSPS) is 20.0. The summed E-state index contributed by atoms with van der Waals surface area (Å²) in [6, 6.07) is 3.88. The number of nitrogens with one attached hydrogen (secondary N) is 2. The van der Waals surface area contributed by atoms with Crippen LogP contribution < -0.4 is 15.4 Å². The lowest BCUT2D eigenvalue weighted by Crippen LogP contribution is -2.45. The van der Waals surface area contributed by atoms with Gasteiger partial charge in [0, 0.05) is 45.6 Å². The van der Waals surface area contributed by atoms with Gasteiger partial charge in [0.05, 0.1) is 12.2 Å². The van der Waals surface area contributed by atoms with Crippen LogP contribution in [0.25, 0.3) is 0 Å². The van der Waals surface area contributed by atoms with Crippen LogP contribution in [0.4, 0.5) is 0 Å². The molecule has 0 radical (unpaired) electrons. The Morgan fingerprint density at radius 1 is 1.40 bits per heavy atom. The predicted octanol–water partition coefficient (Wildman–Crippen LogP) is 1.96. The zero-order chi connectivity index (χ0) is 17.3. The molecule has 2 heterocycles. The van der Waals surface area contributed by atoms with E-state index in [4.69, 9.17) is 14.2 Å². The Hall–Kier alpha value is -1.13. The van der Waals surface area contributed by atoms with Gasteiger partial charge in [0.25, 0.3) is 0 Å².